The molecule has 61 heavy (non-hydrogen) atoms. The van der Waals surface area contributed by atoms with Crippen LogP contribution < -0.4 is 41.7 Å². The third kappa shape index (κ3) is 8.64. The smallest absolute Gasteiger partial charge is 0.328 e. The fraction of sp³-hybridized carbons (Fsp3) is 0.364. The molecule has 16 nitrogen and oxygen atoms in total. The molecule has 4 aliphatic rings. The number of amides is 5. The van der Waals surface area contributed by atoms with Crippen molar-refractivity contribution in [3.8, 4) is 11.3 Å². The van der Waals surface area contributed by atoms with Gasteiger partial charge in [-0.3, -0.25) is 34.9 Å². The number of aromatic nitrogens is 2. The summed E-state index contributed by atoms with van der Waals surface area (Å²) in [5, 5.41) is 23.5. The molecule has 8 rings (SSSR count). The van der Waals surface area contributed by atoms with Gasteiger partial charge in [-0.15, -0.1) is 0 Å². The SMILES string of the molecule is CN/C=C\C(=N)NC(=O)c1ccc(-c2nn3c(c2C(N)=O)Nc2ccc(N4CCN(CC5CCN(c6ccc(N7CCC(=O)NC7=O)cc6)CC5)CC4)cc2CC3)c(F)c1C. The van der Waals surface area contributed by atoms with Crippen LogP contribution in [0.3, 0.4) is 0 Å². The van der Waals surface area contributed by atoms with E-state index in [1.54, 1.807) is 16.6 Å². The highest BCUT2D eigenvalue weighted by Crippen LogP contribution is 2.38. The van der Waals surface area contributed by atoms with Gasteiger partial charge in [0.2, 0.25) is 5.91 Å². The summed E-state index contributed by atoms with van der Waals surface area (Å²) in [5.41, 5.74) is 11.2. The topological polar surface area (TPSA) is 197 Å². The number of anilines is 5. The summed E-state index contributed by atoms with van der Waals surface area (Å²) >= 11 is 0. The molecule has 4 aromatic rings. The Labute approximate surface area is 353 Å². The number of nitrogens with two attached hydrogens (primary N) is 1. The van der Waals surface area contributed by atoms with Crippen LogP contribution in [-0.4, -0.2) is 104 Å². The van der Waals surface area contributed by atoms with E-state index in [1.807, 2.05) is 18.2 Å². The lowest BCUT2D eigenvalue weighted by Gasteiger charge is -2.40. The number of carbonyl (C=O) groups is 4. The quantitative estimate of drug-likeness (QED) is 0.0990. The Kier molecular flexibility index (Phi) is 11.7. The van der Waals surface area contributed by atoms with Gasteiger partial charge >= 0.3 is 6.03 Å². The van der Waals surface area contributed by atoms with Gasteiger partial charge in [0.25, 0.3) is 11.8 Å². The molecule has 4 aliphatic heterocycles. The van der Waals surface area contributed by atoms with Crippen LogP contribution in [0.1, 0.15) is 51.1 Å². The number of hydrogen-bond donors (Lipinski definition) is 6. The van der Waals surface area contributed by atoms with Crippen LogP contribution in [0.5, 0.6) is 0 Å². The van der Waals surface area contributed by atoms with E-state index in [1.165, 1.54) is 31.3 Å². The number of amidine groups is 1. The van der Waals surface area contributed by atoms with E-state index in [0.29, 0.717) is 37.7 Å². The van der Waals surface area contributed by atoms with E-state index in [2.05, 4.69) is 65.3 Å². The Morgan fingerprint density at radius 3 is 2.31 bits per heavy atom. The second-order valence-electron chi connectivity index (χ2n) is 16.0. The molecule has 5 amide bonds. The van der Waals surface area contributed by atoms with Gasteiger partial charge in [0.1, 0.15) is 28.7 Å². The molecule has 3 aromatic carbocycles. The van der Waals surface area contributed by atoms with Crippen LogP contribution in [0.4, 0.5) is 37.8 Å². The largest absolute Gasteiger partial charge is 0.394 e. The summed E-state index contributed by atoms with van der Waals surface area (Å²) in [5.74, 6) is -1.47. The number of primary amides is 1. The number of aryl methyl sites for hydroxylation is 2. The first-order chi connectivity index (χ1) is 29.5. The molecular formula is C44H51FN12O4. The molecule has 17 heteroatoms. The second kappa shape index (κ2) is 17.5. The third-order valence-electron chi connectivity index (χ3n) is 12.1. The number of halogens is 1. The predicted molar refractivity (Wildman–Crippen MR) is 233 cm³/mol. The molecule has 0 bridgehead atoms. The number of urea groups is 1. The first-order valence-electron chi connectivity index (χ1n) is 20.7. The number of nitrogens with one attached hydrogen (secondary N) is 5. The molecule has 0 unspecified atom stereocenters. The number of rotatable bonds is 10. The second-order valence-corrected chi connectivity index (χ2v) is 16.0. The van der Waals surface area contributed by atoms with Crippen molar-refractivity contribution in [2.75, 3.05) is 79.4 Å². The minimum absolute atomic E-state index is 0.0462. The molecule has 3 saturated heterocycles. The van der Waals surface area contributed by atoms with E-state index < -0.39 is 17.6 Å². The molecule has 7 N–H and O–H groups in total. The zero-order valence-electron chi connectivity index (χ0n) is 34.4. The number of imide groups is 1. The Morgan fingerprint density at radius 2 is 1.61 bits per heavy atom. The molecule has 0 atom stereocenters. The van der Waals surface area contributed by atoms with Crippen molar-refractivity contribution in [2.24, 2.45) is 11.7 Å². The third-order valence-corrected chi connectivity index (χ3v) is 12.1. The Bertz CT molecular complexity index is 2400. The zero-order chi connectivity index (χ0) is 42.8. The molecule has 3 fully saturated rings. The average Bonchev–Trinajstić information content (AvgIpc) is 3.52. The normalized spacial score (nSPS) is 17.3. The van der Waals surface area contributed by atoms with Gasteiger partial charge in [-0.05, 0) is 110 Å². The summed E-state index contributed by atoms with van der Waals surface area (Å²) in [6.45, 7) is 9.14. The first kappa shape index (κ1) is 41.0. The van der Waals surface area contributed by atoms with Gasteiger partial charge in [0.15, 0.2) is 0 Å². The summed E-state index contributed by atoms with van der Waals surface area (Å²) in [6.07, 6.45) is 6.03. The molecule has 0 aliphatic carbocycles. The zero-order valence-corrected chi connectivity index (χ0v) is 34.4. The van der Waals surface area contributed by atoms with Crippen molar-refractivity contribution in [3.63, 3.8) is 0 Å². The number of nitrogens with zero attached hydrogens (tertiary/aromatic N) is 6. The van der Waals surface area contributed by atoms with Crippen molar-refractivity contribution in [1.82, 2.24) is 30.6 Å². The number of carbonyl (C=O) groups excluding carboxylic acids is 4. The van der Waals surface area contributed by atoms with Crippen molar-refractivity contribution < 1.29 is 23.6 Å². The molecule has 0 radical (unpaired) electrons. The van der Waals surface area contributed by atoms with E-state index in [0.717, 1.165) is 87.0 Å². The standard InChI is InChI=1S/C44H51FN12O4/c1-27-33(43(60)50-36(46)11-16-48-2)8-9-34(39(27)45)40-38(41(47)59)42-49-35-10-7-32(25-29(35)14-20-57(42)52-40)55-23-21-53(22-24-55)26-28-12-17-54(18-13-28)30-3-5-31(6-4-30)56-19-15-37(58)51-44(56)61/h3-11,16,25,28,48-49H,12-15,17-24,26H2,1-2H3,(H2,47,59)(H2,46,50,60)(H,51,58,61)/b16-11-. The van der Waals surface area contributed by atoms with Crippen molar-refractivity contribution in [2.45, 2.75) is 39.2 Å². The first-order valence-corrected chi connectivity index (χ1v) is 20.7. The summed E-state index contributed by atoms with van der Waals surface area (Å²) in [6, 6.07) is 16.8. The van der Waals surface area contributed by atoms with Crippen LogP contribution in [0, 0.1) is 24.1 Å². The van der Waals surface area contributed by atoms with E-state index >= 15 is 4.39 Å². The van der Waals surface area contributed by atoms with Gasteiger partial charge in [0, 0.05) is 106 Å². The molecule has 1 aromatic heterocycles. The van der Waals surface area contributed by atoms with E-state index in [-0.39, 0.29) is 45.7 Å². The average molecular weight is 831 g/mol. The maximum Gasteiger partial charge on any atom is 0.328 e. The highest BCUT2D eigenvalue weighted by Gasteiger charge is 2.30. The van der Waals surface area contributed by atoms with Gasteiger partial charge in [-0.2, -0.15) is 5.10 Å². The lowest BCUT2D eigenvalue weighted by atomic mass is 9.95. The molecular weight excluding hydrogens is 780 g/mol. The highest BCUT2D eigenvalue weighted by molar-refractivity contribution is 6.10. The van der Waals surface area contributed by atoms with E-state index in [9.17, 15) is 19.2 Å². The van der Waals surface area contributed by atoms with Crippen LogP contribution in [0.25, 0.3) is 11.3 Å². The lowest BCUT2D eigenvalue weighted by molar-refractivity contribution is -0.120. The van der Waals surface area contributed by atoms with Crippen LogP contribution in [0.15, 0.2) is 66.9 Å². The maximum atomic E-state index is 16.0. The van der Waals surface area contributed by atoms with Gasteiger partial charge in [-0.25, -0.2) is 13.9 Å². The summed E-state index contributed by atoms with van der Waals surface area (Å²) < 4.78 is 17.6. The number of hydrogen-bond acceptors (Lipinski definition) is 11. The van der Waals surface area contributed by atoms with Gasteiger partial charge < -0.3 is 31.5 Å². The summed E-state index contributed by atoms with van der Waals surface area (Å²) in [4.78, 5) is 58.6. The van der Waals surface area contributed by atoms with Crippen molar-refractivity contribution >= 4 is 58.2 Å². The van der Waals surface area contributed by atoms with Crippen LogP contribution >= 0.6 is 0 Å². The number of benzene rings is 3. The fourth-order valence-corrected chi connectivity index (χ4v) is 8.73. The Morgan fingerprint density at radius 1 is 0.902 bits per heavy atom. The molecule has 0 spiro atoms. The van der Waals surface area contributed by atoms with E-state index in [4.69, 9.17) is 11.1 Å². The summed E-state index contributed by atoms with van der Waals surface area (Å²) in [7, 11) is 1.66. The maximum absolute atomic E-state index is 16.0. The number of piperidine rings is 1. The number of piperazine rings is 1. The van der Waals surface area contributed by atoms with Crippen molar-refractivity contribution in [1.29, 1.82) is 5.41 Å². The van der Waals surface area contributed by atoms with Crippen molar-refractivity contribution in [3.05, 3.63) is 94.9 Å². The molecule has 5 heterocycles. The predicted octanol–water partition coefficient (Wildman–Crippen LogP) is 4.32. The minimum Gasteiger partial charge on any atom is -0.394 e. The lowest BCUT2D eigenvalue weighted by Crippen LogP contribution is -2.49. The van der Waals surface area contributed by atoms with Gasteiger partial charge in [0.05, 0.1) is 0 Å². The molecule has 0 saturated carbocycles. The molecule has 318 valence electrons. The monoisotopic (exact) mass is 830 g/mol. The minimum atomic E-state index is -0.757. The Balaban J connectivity index is 0.862. The van der Waals surface area contributed by atoms with Gasteiger partial charge in [-0.1, -0.05) is 0 Å². The number of fused-ring (bicyclic) bond motifs is 2. The Hall–Kier alpha value is -6.75. The highest BCUT2D eigenvalue weighted by atomic mass is 19.1. The fourth-order valence-electron chi connectivity index (χ4n) is 8.73. The van der Waals surface area contributed by atoms with Crippen LogP contribution in [-0.2, 0) is 17.8 Å². The van der Waals surface area contributed by atoms with Crippen LogP contribution in [0.2, 0.25) is 0 Å².